The van der Waals surface area contributed by atoms with E-state index in [1.54, 1.807) is 18.3 Å². The molecule has 0 radical (unpaired) electrons. The lowest BCUT2D eigenvalue weighted by molar-refractivity contribution is 0.0995. The van der Waals surface area contributed by atoms with Gasteiger partial charge >= 0.3 is 0 Å². The van der Waals surface area contributed by atoms with Gasteiger partial charge in [0, 0.05) is 25.0 Å². The predicted octanol–water partition coefficient (Wildman–Crippen LogP) is -0.188. The Morgan fingerprint density at radius 2 is 2.36 bits per heavy atom. The molecule has 5 nitrogen and oxygen atoms in total. The monoisotopic (exact) mass is 194 g/mol. The van der Waals surface area contributed by atoms with E-state index in [0.29, 0.717) is 0 Å². The first kappa shape index (κ1) is 10.5. The van der Waals surface area contributed by atoms with Crippen molar-refractivity contribution in [1.82, 2.24) is 10.3 Å². The van der Waals surface area contributed by atoms with Gasteiger partial charge in [0.1, 0.15) is 5.69 Å². The van der Waals surface area contributed by atoms with Crippen LogP contribution in [0.4, 0.5) is 5.69 Å². The summed E-state index contributed by atoms with van der Waals surface area (Å²) in [5, 5.41) is 6.14. The van der Waals surface area contributed by atoms with Crippen LogP contribution in [0.25, 0.3) is 0 Å². The minimum Gasteiger partial charge on any atom is -0.384 e. The lowest BCUT2D eigenvalue weighted by Gasteiger charge is -2.05. The summed E-state index contributed by atoms with van der Waals surface area (Å²) in [4.78, 5) is 14.6. The van der Waals surface area contributed by atoms with Crippen LogP contribution in [-0.2, 0) is 0 Å². The van der Waals surface area contributed by atoms with Crippen LogP contribution in [0.1, 0.15) is 10.5 Å². The van der Waals surface area contributed by atoms with Crippen LogP contribution in [-0.4, -0.2) is 31.0 Å². The van der Waals surface area contributed by atoms with E-state index < -0.39 is 5.91 Å². The normalized spacial score (nSPS) is 9.79. The van der Waals surface area contributed by atoms with Crippen molar-refractivity contribution in [2.24, 2.45) is 5.73 Å². The van der Waals surface area contributed by atoms with Crippen molar-refractivity contribution in [3.8, 4) is 0 Å². The van der Waals surface area contributed by atoms with E-state index in [2.05, 4.69) is 15.6 Å². The minimum atomic E-state index is -0.512. The summed E-state index contributed by atoms with van der Waals surface area (Å²) in [6.45, 7) is 1.65. The van der Waals surface area contributed by atoms with Crippen LogP contribution < -0.4 is 16.4 Å². The molecule has 5 heteroatoms. The van der Waals surface area contributed by atoms with Gasteiger partial charge < -0.3 is 16.4 Å². The number of hydrogen-bond acceptors (Lipinski definition) is 4. The SMILES string of the molecule is CNCCNc1ccnc(C(N)=O)c1. The number of amides is 1. The largest absolute Gasteiger partial charge is 0.384 e. The number of nitrogens with one attached hydrogen (secondary N) is 2. The zero-order valence-electron chi connectivity index (χ0n) is 8.08. The number of primary amides is 1. The highest BCUT2D eigenvalue weighted by molar-refractivity contribution is 5.91. The highest BCUT2D eigenvalue weighted by atomic mass is 16.1. The first-order chi connectivity index (χ1) is 6.74. The molecule has 4 N–H and O–H groups in total. The molecule has 0 aromatic carbocycles. The second-order valence-electron chi connectivity index (χ2n) is 2.82. The number of anilines is 1. The molecule has 0 unspecified atom stereocenters. The summed E-state index contributed by atoms with van der Waals surface area (Å²) in [7, 11) is 1.88. The van der Waals surface area contributed by atoms with Gasteiger partial charge in [-0.1, -0.05) is 0 Å². The molecule has 0 saturated heterocycles. The summed E-state index contributed by atoms with van der Waals surface area (Å²) in [5.41, 5.74) is 6.22. The Morgan fingerprint density at radius 3 is 3.00 bits per heavy atom. The fourth-order valence-corrected chi connectivity index (χ4v) is 1.01. The molecular formula is C9H14N4O. The van der Waals surface area contributed by atoms with E-state index in [-0.39, 0.29) is 5.69 Å². The number of hydrogen-bond donors (Lipinski definition) is 3. The highest BCUT2D eigenvalue weighted by Gasteiger charge is 2.01. The van der Waals surface area contributed by atoms with Crippen molar-refractivity contribution in [2.75, 3.05) is 25.5 Å². The van der Waals surface area contributed by atoms with Gasteiger partial charge in [0.15, 0.2) is 0 Å². The van der Waals surface area contributed by atoms with Crippen molar-refractivity contribution < 1.29 is 4.79 Å². The molecule has 1 aromatic rings. The molecule has 14 heavy (non-hydrogen) atoms. The molecule has 76 valence electrons. The summed E-state index contributed by atoms with van der Waals surface area (Å²) >= 11 is 0. The first-order valence-corrected chi connectivity index (χ1v) is 4.38. The van der Waals surface area contributed by atoms with Crippen molar-refractivity contribution in [3.05, 3.63) is 24.0 Å². The van der Waals surface area contributed by atoms with E-state index >= 15 is 0 Å². The standard InChI is InChI=1S/C9H14N4O/c1-11-4-5-12-7-2-3-13-8(6-7)9(10)14/h2-3,6,11H,4-5H2,1H3,(H2,10,14)(H,12,13). The maximum absolute atomic E-state index is 10.8. The van der Waals surface area contributed by atoms with Crippen LogP contribution in [0, 0.1) is 0 Å². The minimum absolute atomic E-state index is 0.277. The van der Waals surface area contributed by atoms with E-state index in [1.165, 1.54) is 0 Å². The number of aromatic nitrogens is 1. The fourth-order valence-electron chi connectivity index (χ4n) is 1.01. The van der Waals surface area contributed by atoms with Crippen LogP contribution in [0.2, 0.25) is 0 Å². The molecule has 0 aliphatic rings. The van der Waals surface area contributed by atoms with Gasteiger partial charge in [0.25, 0.3) is 5.91 Å². The molecule has 0 aliphatic heterocycles. The van der Waals surface area contributed by atoms with E-state index in [0.717, 1.165) is 18.8 Å². The molecule has 0 saturated carbocycles. The number of nitrogens with two attached hydrogens (primary N) is 1. The number of rotatable bonds is 5. The van der Waals surface area contributed by atoms with Crippen LogP contribution in [0.3, 0.4) is 0 Å². The maximum atomic E-state index is 10.8. The Bertz CT molecular complexity index is 313. The van der Waals surface area contributed by atoms with Crippen LogP contribution in [0.5, 0.6) is 0 Å². The molecular weight excluding hydrogens is 180 g/mol. The summed E-state index contributed by atoms with van der Waals surface area (Å²) in [5.74, 6) is -0.512. The summed E-state index contributed by atoms with van der Waals surface area (Å²) in [6, 6.07) is 3.43. The summed E-state index contributed by atoms with van der Waals surface area (Å²) in [6.07, 6.45) is 1.56. The number of nitrogens with zero attached hydrogens (tertiary/aromatic N) is 1. The predicted molar refractivity (Wildman–Crippen MR) is 55.2 cm³/mol. The zero-order valence-corrected chi connectivity index (χ0v) is 8.08. The van der Waals surface area contributed by atoms with E-state index in [1.807, 2.05) is 7.05 Å². The van der Waals surface area contributed by atoms with Gasteiger partial charge in [-0.25, -0.2) is 0 Å². The van der Waals surface area contributed by atoms with Gasteiger partial charge in [-0.05, 0) is 19.2 Å². The Balaban J connectivity index is 2.59. The van der Waals surface area contributed by atoms with Gasteiger partial charge in [-0.15, -0.1) is 0 Å². The van der Waals surface area contributed by atoms with Crippen molar-refractivity contribution >= 4 is 11.6 Å². The Hall–Kier alpha value is -1.62. The maximum Gasteiger partial charge on any atom is 0.267 e. The highest BCUT2D eigenvalue weighted by Crippen LogP contribution is 2.06. The molecule has 0 spiro atoms. The van der Waals surface area contributed by atoms with Crippen LogP contribution >= 0.6 is 0 Å². The lowest BCUT2D eigenvalue weighted by Crippen LogP contribution is -2.18. The van der Waals surface area contributed by atoms with Crippen LogP contribution in [0.15, 0.2) is 18.3 Å². The van der Waals surface area contributed by atoms with E-state index in [9.17, 15) is 4.79 Å². The smallest absolute Gasteiger partial charge is 0.267 e. The Morgan fingerprint density at radius 1 is 1.57 bits per heavy atom. The third-order valence-electron chi connectivity index (χ3n) is 1.72. The number of carbonyl (C=O) groups excluding carboxylic acids is 1. The zero-order chi connectivity index (χ0) is 10.4. The van der Waals surface area contributed by atoms with Crippen molar-refractivity contribution in [3.63, 3.8) is 0 Å². The second kappa shape index (κ2) is 5.18. The topological polar surface area (TPSA) is 80.0 Å². The van der Waals surface area contributed by atoms with E-state index in [4.69, 9.17) is 5.73 Å². The number of carbonyl (C=O) groups is 1. The average Bonchev–Trinajstić information content (AvgIpc) is 2.19. The van der Waals surface area contributed by atoms with Gasteiger partial charge in [-0.2, -0.15) is 0 Å². The molecule has 0 atom stereocenters. The van der Waals surface area contributed by atoms with Crippen molar-refractivity contribution in [1.29, 1.82) is 0 Å². The third-order valence-corrected chi connectivity index (χ3v) is 1.72. The Kier molecular flexibility index (Phi) is 3.87. The Labute approximate surface area is 82.7 Å². The van der Waals surface area contributed by atoms with Gasteiger partial charge in [-0.3, -0.25) is 9.78 Å². The van der Waals surface area contributed by atoms with Gasteiger partial charge in [0.2, 0.25) is 0 Å². The fraction of sp³-hybridized carbons (Fsp3) is 0.333. The molecule has 1 rings (SSSR count). The molecule has 1 heterocycles. The second-order valence-corrected chi connectivity index (χ2v) is 2.82. The summed E-state index contributed by atoms with van der Waals surface area (Å²) < 4.78 is 0. The number of likely N-dealkylation sites (N-methyl/N-ethyl adjacent to an activating group) is 1. The molecule has 1 aromatic heterocycles. The third kappa shape index (κ3) is 3.02. The first-order valence-electron chi connectivity index (χ1n) is 4.38. The van der Waals surface area contributed by atoms with Gasteiger partial charge in [0.05, 0.1) is 0 Å². The molecule has 0 fully saturated rings. The number of pyridine rings is 1. The quantitative estimate of drug-likeness (QED) is 0.568. The average molecular weight is 194 g/mol. The molecule has 1 amide bonds. The lowest BCUT2D eigenvalue weighted by atomic mass is 10.3. The van der Waals surface area contributed by atoms with Crippen molar-refractivity contribution in [2.45, 2.75) is 0 Å². The molecule has 0 bridgehead atoms. The molecule has 0 aliphatic carbocycles.